The van der Waals surface area contributed by atoms with Crippen molar-refractivity contribution >= 4 is 34.7 Å². The molecule has 6 heteroatoms. The van der Waals surface area contributed by atoms with Crippen LogP contribution in [0.5, 0.6) is 0 Å². The number of rotatable bonds is 4. The SMILES string of the molecule is Cc1nc(C(=O)Nc2cc(Cl)ccc2C)cc(N(C)c2ccccc2)n1. The van der Waals surface area contributed by atoms with Crippen molar-refractivity contribution in [2.75, 3.05) is 17.3 Å². The highest BCUT2D eigenvalue weighted by Crippen LogP contribution is 2.23. The second-order valence-electron chi connectivity index (χ2n) is 5.97. The predicted octanol–water partition coefficient (Wildman–Crippen LogP) is 4.77. The number of anilines is 3. The summed E-state index contributed by atoms with van der Waals surface area (Å²) in [5, 5.41) is 3.43. The predicted molar refractivity (Wildman–Crippen MR) is 105 cm³/mol. The van der Waals surface area contributed by atoms with Crippen LogP contribution in [0.25, 0.3) is 0 Å². The lowest BCUT2D eigenvalue weighted by Crippen LogP contribution is -2.18. The molecule has 3 aromatic rings. The molecule has 0 fully saturated rings. The Labute approximate surface area is 157 Å². The van der Waals surface area contributed by atoms with Crippen LogP contribution in [0, 0.1) is 13.8 Å². The summed E-state index contributed by atoms with van der Waals surface area (Å²) >= 11 is 6.02. The van der Waals surface area contributed by atoms with E-state index in [2.05, 4.69) is 15.3 Å². The molecule has 1 amide bonds. The highest BCUT2D eigenvalue weighted by atomic mass is 35.5. The molecule has 0 bridgehead atoms. The quantitative estimate of drug-likeness (QED) is 0.722. The molecule has 1 aromatic heterocycles. The van der Waals surface area contributed by atoms with Crippen LogP contribution in [0.2, 0.25) is 5.02 Å². The summed E-state index contributed by atoms with van der Waals surface area (Å²) in [4.78, 5) is 23.3. The Bertz CT molecular complexity index is 944. The minimum atomic E-state index is -0.302. The lowest BCUT2D eigenvalue weighted by Gasteiger charge is -2.19. The Hall–Kier alpha value is -2.92. The van der Waals surface area contributed by atoms with Gasteiger partial charge in [0.05, 0.1) is 0 Å². The fourth-order valence-electron chi connectivity index (χ4n) is 2.54. The molecule has 1 heterocycles. The van der Waals surface area contributed by atoms with E-state index in [1.165, 1.54) is 0 Å². The van der Waals surface area contributed by atoms with Gasteiger partial charge < -0.3 is 10.2 Å². The molecular formula is C20H19ClN4O. The van der Waals surface area contributed by atoms with Gasteiger partial charge in [0.2, 0.25) is 0 Å². The second kappa shape index (κ2) is 7.54. The third-order valence-corrected chi connectivity index (χ3v) is 4.23. The zero-order valence-corrected chi connectivity index (χ0v) is 15.6. The molecule has 0 saturated heterocycles. The van der Waals surface area contributed by atoms with Crippen molar-refractivity contribution in [2.24, 2.45) is 0 Å². The van der Waals surface area contributed by atoms with E-state index in [1.807, 2.05) is 55.3 Å². The number of halogens is 1. The lowest BCUT2D eigenvalue weighted by atomic mass is 10.2. The van der Waals surface area contributed by atoms with Gasteiger partial charge in [0, 0.05) is 29.5 Å². The summed E-state index contributed by atoms with van der Waals surface area (Å²) in [7, 11) is 1.90. The first kappa shape index (κ1) is 17.9. The molecular weight excluding hydrogens is 348 g/mol. The Morgan fingerprint density at radius 2 is 1.77 bits per heavy atom. The molecule has 0 aliphatic heterocycles. The molecule has 0 unspecified atom stereocenters. The minimum absolute atomic E-state index is 0.301. The average Bonchev–Trinajstić information content (AvgIpc) is 2.64. The van der Waals surface area contributed by atoms with Crippen LogP contribution >= 0.6 is 11.6 Å². The summed E-state index contributed by atoms with van der Waals surface area (Å²) in [5.41, 5.74) is 2.86. The van der Waals surface area contributed by atoms with Gasteiger partial charge in [0.1, 0.15) is 17.3 Å². The van der Waals surface area contributed by atoms with Gasteiger partial charge in [-0.05, 0) is 43.7 Å². The summed E-state index contributed by atoms with van der Waals surface area (Å²) in [5.74, 6) is 0.874. The zero-order valence-electron chi connectivity index (χ0n) is 14.8. The summed E-state index contributed by atoms with van der Waals surface area (Å²) < 4.78 is 0. The Balaban J connectivity index is 1.89. The highest BCUT2D eigenvalue weighted by Gasteiger charge is 2.14. The third kappa shape index (κ3) is 4.00. The topological polar surface area (TPSA) is 58.1 Å². The minimum Gasteiger partial charge on any atom is -0.329 e. The van der Waals surface area contributed by atoms with Crippen LogP contribution in [0.1, 0.15) is 21.9 Å². The van der Waals surface area contributed by atoms with Crippen LogP contribution < -0.4 is 10.2 Å². The van der Waals surface area contributed by atoms with E-state index < -0.39 is 0 Å². The van der Waals surface area contributed by atoms with Gasteiger partial charge in [-0.2, -0.15) is 0 Å². The van der Waals surface area contributed by atoms with E-state index in [-0.39, 0.29) is 5.91 Å². The highest BCUT2D eigenvalue weighted by molar-refractivity contribution is 6.31. The smallest absolute Gasteiger partial charge is 0.274 e. The van der Waals surface area contributed by atoms with Gasteiger partial charge >= 0.3 is 0 Å². The average molecular weight is 367 g/mol. The van der Waals surface area contributed by atoms with Crippen molar-refractivity contribution in [1.82, 2.24) is 9.97 Å². The van der Waals surface area contributed by atoms with Gasteiger partial charge in [-0.1, -0.05) is 35.9 Å². The van der Waals surface area contributed by atoms with Gasteiger partial charge in [0.25, 0.3) is 5.91 Å². The van der Waals surface area contributed by atoms with E-state index >= 15 is 0 Å². The number of para-hydroxylation sites is 1. The number of benzene rings is 2. The van der Waals surface area contributed by atoms with Crippen LogP contribution in [0.4, 0.5) is 17.2 Å². The molecule has 5 nitrogen and oxygen atoms in total. The normalized spacial score (nSPS) is 10.5. The van der Waals surface area contributed by atoms with Crippen molar-refractivity contribution in [2.45, 2.75) is 13.8 Å². The van der Waals surface area contributed by atoms with E-state index in [9.17, 15) is 4.79 Å². The Morgan fingerprint density at radius 1 is 1.04 bits per heavy atom. The molecule has 0 saturated carbocycles. The van der Waals surface area contributed by atoms with Crippen LogP contribution in [-0.4, -0.2) is 22.9 Å². The molecule has 0 atom stereocenters. The maximum absolute atomic E-state index is 12.7. The largest absolute Gasteiger partial charge is 0.329 e. The Kier molecular flexibility index (Phi) is 5.19. The lowest BCUT2D eigenvalue weighted by molar-refractivity contribution is 0.102. The number of nitrogens with one attached hydrogen (secondary N) is 1. The van der Waals surface area contributed by atoms with Gasteiger partial charge in [-0.25, -0.2) is 9.97 Å². The molecule has 0 radical (unpaired) electrons. The summed E-state index contributed by atoms with van der Waals surface area (Å²) in [6.07, 6.45) is 0. The first-order valence-corrected chi connectivity index (χ1v) is 8.54. The van der Waals surface area contributed by atoms with Crippen molar-refractivity contribution in [3.63, 3.8) is 0 Å². The standard InChI is InChI=1S/C20H19ClN4O/c1-13-9-10-15(21)11-17(13)24-20(26)18-12-19(23-14(2)22-18)25(3)16-7-5-4-6-8-16/h4-12H,1-3H3,(H,24,26). The van der Waals surface area contributed by atoms with Crippen LogP contribution in [0.15, 0.2) is 54.6 Å². The van der Waals surface area contributed by atoms with E-state index in [1.54, 1.807) is 25.1 Å². The fraction of sp³-hybridized carbons (Fsp3) is 0.150. The zero-order chi connectivity index (χ0) is 18.7. The van der Waals surface area contributed by atoms with Crippen molar-refractivity contribution in [3.05, 3.63) is 76.7 Å². The van der Waals surface area contributed by atoms with Crippen LogP contribution in [-0.2, 0) is 0 Å². The molecule has 26 heavy (non-hydrogen) atoms. The number of aromatic nitrogens is 2. The van der Waals surface area contributed by atoms with E-state index in [0.29, 0.717) is 28.0 Å². The molecule has 132 valence electrons. The number of carbonyl (C=O) groups excluding carboxylic acids is 1. The van der Waals surface area contributed by atoms with Gasteiger partial charge in [-0.15, -0.1) is 0 Å². The number of hydrogen-bond acceptors (Lipinski definition) is 4. The fourth-order valence-corrected chi connectivity index (χ4v) is 2.71. The molecule has 2 aromatic carbocycles. The number of carbonyl (C=O) groups is 1. The number of aryl methyl sites for hydroxylation is 2. The maximum Gasteiger partial charge on any atom is 0.274 e. The van der Waals surface area contributed by atoms with Crippen LogP contribution in [0.3, 0.4) is 0 Å². The molecule has 0 aliphatic carbocycles. The van der Waals surface area contributed by atoms with Crippen molar-refractivity contribution in [3.8, 4) is 0 Å². The molecule has 1 N–H and O–H groups in total. The number of hydrogen-bond donors (Lipinski definition) is 1. The number of nitrogens with zero attached hydrogens (tertiary/aromatic N) is 3. The number of amides is 1. The molecule has 0 spiro atoms. The summed E-state index contributed by atoms with van der Waals surface area (Å²) in [6.45, 7) is 3.68. The molecule has 3 rings (SSSR count). The third-order valence-electron chi connectivity index (χ3n) is 3.99. The maximum atomic E-state index is 12.7. The Morgan fingerprint density at radius 3 is 2.50 bits per heavy atom. The first-order valence-electron chi connectivity index (χ1n) is 8.16. The second-order valence-corrected chi connectivity index (χ2v) is 6.40. The van der Waals surface area contributed by atoms with E-state index in [0.717, 1.165) is 11.3 Å². The monoisotopic (exact) mass is 366 g/mol. The van der Waals surface area contributed by atoms with E-state index in [4.69, 9.17) is 11.6 Å². The summed E-state index contributed by atoms with van der Waals surface area (Å²) in [6, 6.07) is 16.9. The first-order chi connectivity index (χ1) is 12.4. The van der Waals surface area contributed by atoms with Gasteiger partial charge in [-0.3, -0.25) is 4.79 Å². The van der Waals surface area contributed by atoms with Crippen molar-refractivity contribution < 1.29 is 4.79 Å². The molecule has 0 aliphatic rings. The van der Waals surface area contributed by atoms with Gasteiger partial charge in [0.15, 0.2) is 0 Å². The van der Waals surface area contributed by atoms with Crippen molar-refractivity contribution in [1.29, 1.82) is 0 Å².